The summed E-state index contributed by atoms with van der Waals surface area (Å²) in [6, 6.07) is 1.97. The van der Waals surface area contributed by atoms with Crippen LogP contribution in [0.25, 0.3) is 0 Å². The highest BCUT2D eigenvalue weighted by molar-refractivity contribution is 5.47. The predicted octanol–water partition coefficient (Wildman–Crippen LogP) is 0.503. The lowest BCUT2D eigenvalue weighted by molar-refractivity contribution is 0.0398. The van der Waals surface area contributed by atoms with E-state index >= 15 is 0 Å². The third kappa shape index (κ3) is 6.13. The smallest absolute Gasteiger partial charge is 0.131 e. The molecule has 0 saturated carbocycles. The molecule has 1 aromatic rings. The lowest BCUT2D eigenvalue weighted by Crippen LogP contribution is -2.39. The Morgan fingerprint density at radius 2 is 1.77 bits per heavy atom. The van der Waals surface area contributed by atoms with Gasteiger partial charge in [0.2, 0.25) is 0 Å². The van der Waals surface area contributed by atoms with Crippen LogP contribution in [0, 0.1) is 6.92 Å². The number of nitrogens with zero attached hydrogens (tertiary/aromatic N) is 4. The summed E-state index contributed by atoms with van der Waals surface area (Å²) < 4.78 is 5.36. The van der Waals surface area contributed by atoms with E-state index in [2.05, 4.69) is 44.5 Å². The minimum Gasteiger partial charge on any atom is -0.379 e. The van der Waals surface area contributed by atoms with Crippen LogP contribution in [0.3, 0.4) is 0 Å². The molecule has 0 unspecified atom stereocenters. The highest BCUT2D eigenvalue weighted by Crippen LogP contribution is 2.10. The van der Waals surface area contributed by atoms with Crippen molar-refractivity contribution in [3.63, 3.8) is 0 Å². The van der Waals surface area contributed by atoms with Crippen LogP contribution in [-0.2, 0) is 4.74 Å². The third-order valence-electron chi connectivity index (χ3n) is 3.54. The number of hydrogen-bond donors (Lipinski definition) is 2. The van der Waals surface area contributed by atoms with Crippen molar-refractivity contribution in [1.29, 1.82) is 0 Å². The molecule has 0 atom stereocenters. The second kappa shape index (κ2) is 8.87. The van der Waals surface area contributed by atoms with Gasteiger partial charge in [-0.05, 0) is 21.0 Å². The molecule has 0 aromatic carbocycles. The lowest BCUT2D eigenvalue weighted by atomic mass is 10.4. The standard InChI is InChI=1S/C15H28N6O/c1-13-18-14(16-4-6-20(2)3)12-15(19-13)17-5-7-21-8-10-22-11-9-21/h12H,4-11H2,1-3H3,(H2,16,17,18,19). The molecular formula is C15H28N6O. The lowest BCUT2D eigenvalue weighted by Gasteiger charge is -2.26. The number of ether oxygens (including phenoxy) is 1. The van der Waals surface area contributed by atoms with E-state index in [0.29, 0.717) is 0 Å². The number of rotatable bonds is 8. The van der Waals surface area contributed by atoms with Crippen LogP contribution in [0.15, 0.2) is 6.07 Å². The van der Waals surface area contributed by atoms with E-state index in [0.717, 1.165) is 69.9 Å². The summed E-state index contributed by atoms with van der Waals surface area (Å²) in [5.74, 6) is 2.54. The third-order valence-corrected chi connectivity index (χ3v) is 3.54. The molecule has 0 amide bonds. The largest absolute Gasteiger partial charge is 0.379 e. The quantitative estimate of drug-likeness (QED) is 0.725. The van der Waals surface area contributed by atoms with Crippen LogP contribution in [-0.4, -0.2) is 86.3 Å². The van der Waals surface area contributed by atoms with Crippen LogP contribution in [0.2, 0.25) is 0 Å². The fourth-order valence-corrected chi connectivity index (χ4v) is 2.32. The van der Waals surface area contributed by atoms with Crippen molar-refractivity contribution in [2.75, 3.05) is 77.2 Å². The van der Waals surface area contributed by atoms with Crippen molar-refractivity contribution in [3.8, 4) is 0 Å². The van der Waals surface area contributed by atoms with Crippen LogP contribution >= 0.6 is 0 Å². The number of hydrogen-bond acceptors (Lipinski definition) is 7. The molecule has 0 aliphatic carbocycles. The van der Waals surface area contributed by atoms with Gasteiger partial charge in [-0.3, -0.25) is 4.90 Å². The van der Waals surface area contributed by atoms with E-state index in [1.54, 1.807) is 0 Å². The van der Waals surface area contributed by atoms with Crippen molar-refractivity contribution in [3.05, 3.63) is 11.9 Å². The molecule has 1 aliphatic heterocycles. The first-order chi connectivity index (χ1) is 10.6. The average molecular weight is 308 g/mol. The highest BCUT2D eigenvalue weighted by atomic mass is 16.5. The van der Waals surface area contributed by atoms with Crippen LogP contribution in [0.1, 0.15) is 5.82 Å². The topological polar surface area (TPSA) is 65.6 Å². The first-order valence-electron chi connectivity index (χ1n) is 7.92. The van der Waals surface area contributed by atoms with E-state index in [1.807, 2.05) is 13.0 Å². The molecule has 2 heterocycles. The maximum absolute atomic E-state index is 5.36. The molecule has 0 bridgehead atoms. The minimum atomic E-state index is 0.781. The van der Waals surface area contributed by atoms with Crippen LogP contribution in [0.5, 0.6) is 0 Å². The van der Waals surface area contributed by atoms with Gasteiger partial charge in [-0.2, -0.15) is 0 Å². The van der Waals surface area contributed by atoms with Crippen LogP contribution in [0.4, 0.5) is 11.6 Å². The van der Waals surface area contributed by atoms with E-state index in [4.69, 9.17) is 4.74 Å². The average Bonchev–Trinajstić information content (AvgIpc) is 2.47. The maximum atomic E-state index is 5.36. The molecule has 7 heteroatoms. The van der Waals surface area contributed by atoms with Crippen molar-refractivity contribution < 1.29 is 4.74 Å². The molecule has 0 spiro atoms. The zero-order valence-electron chi connectivity index (χ0n) is 13.9. The summed E-state index contributed by atoms with van der Waals surface area (Å²) in [4.78, 5) is 13.4. The number of nitrogens with one attached hydrogen (secondary N) is 2. The van der Waals surface area contributed by atoms with Crippen LogP contribution < -0.4 is 10.6 Å². The van der Waals surface area contributed by atoms with E-state index in [9.17, 15) is 0 Å². The molecule has 2 rings (SSSR count). The molecule has 1 aromatic heterocycles. The molecule has 7 nitrogen and oxygen atoms in total. The van der Waals surface area contributed by atoms with E-state index < -0.39 is 0 Å². The van der Waals surface area contributed by atoms with Gasteiger partial charge >= 0.3 is 0 Å². The van der Waals surface area contributed by atoms with Gasteiger partial charge in [-0.1, -0.05) is 0 Å². The number of likely N-dealkylation sites (N-methyl/N-ethyl adjacent to an activating group) is 1. The zero-order chi connectivity index (χ0) is 15.8. The number of morpholine rings is 1. The second-order valence-corrected chi connectivity index (χ2v) is 5.80. The summed E-state index contributed by atoms with van der Waals surface area (Å²) in [6.07, 6.45) is 0. The highest BCUT2D eigenvalue weighted by Gasteiger charge is 2.09. The van der Waals surface area contributed by atoms with E-state index in [-0.39, 0.29) is 0 Å². The molecular weight excluding hydrogens is 280 g/mol. The second-order valence-electron chi connectivity index (χ2n) is 5.80. The Hall–Kier alpha value is -1.44. The summed E-state index contributed by atoms with van der Waals surface area (Å²) in [6.45, 7) is 9.37. The molecule has 1 fully saturated rings. The number of aryl methyl sites for hydroxylation is 1. The Morgan fingerprint density at radius 1 is 1.14 bits per heavy atom. The Labute approximate surface area is 133 Å². The van der Waals surface area contributed by atoms with Gasteiger partial charge in [-0.25, -0.2) is 9.97 Å². The Bertz CT molecular complexity index is 448. The number of aromatic nitrogens is 2. The monoisotopic (exact) mass is 308 g/mol. The van der Waals surface area contributed by atoms with Crippen molar-refractivity contribution in [2.24, 2.45) is 0 Å². The van der Waals surface area contributed by atoms with Gasteiger partial charge in [0, 0.05) is 45.3 Å². The Kier molecular flexibility index (Phi) is 6.82. The minimum absolute atomic E-state index is 0.781. The summed E-state index contributed by atoms with van der Waals surface area (Å²) in [5.41, 5.74) is 0. The summed E-state index contributed by atoms with van der Waals surface area (Å²) in [5, 5.41) is 6.73. The normalized spacial score (nSPS) is 16.0. The molecule has 1 saturated heterocycles. The van der Waals surface area contributed by atoms with Gasteiger partial charge < -0.3 is 20.3 Å². The number of anilines is 2. The summed E-state index contributed by atoms with van der Waals surface area (Å²) in [7, 11) is 4.12. The van der Waals surface area contributed by atoms with Crippen molar-refractivity contribution in [1.82, 2.24) is 19.8 Å². The van der Waals surface area contributed by atoms with Crippen molar-refractivity contribution in [2.45, 2.75) is 6.92 Å². The first kappa shape index (κ1) is 16.9. The predicted molar refractivity (Wildman–Crippen MR) is 89.6 cm³/mol. The fraction of sp³-hybridized carbons (Fsp3) is 0.733. The zero-order valence-corrected chi connectivity index (χ0v) is 13.9. The fourth-order valence-electron chi connectivity index (χ4n) is 2.32. The molecule has 2 N–H and O–H groups in total. The summed E-state index contributed by atoms with van der Waals surface area (Å²) >= 11 is 0. The van der Waals surface area contributed by atoms with Gasteiger partial charge in [0.25, 0.3) is 0 Å². The Morgan fingerprint density at radius 3 is 2.41 bits per heavy atom. The van der Waals surface area contributed by atoms with Gasteiger partial charge in [0.05, 0.1) is 13.2 Å². The SMILES string of the molecule is Cc1nc(NCCN(C)C)cc(NCCN2CCOCC2)n1. The van der Waals surface area contributed by atoms with Gasteiger partial charge in [0.1, 0.15) is 17.5 Å². The van der Waals surface area contributed by atoms with Gasteiger partial charge in [-0.15, -0.1) is 0 Å². The molecule has 124 valence electrons. The molecule has 0 radical (unpaired) electrons. The molecule has 22 heavy (non-hydrogen) atoms. The molecule has 1 aliphatic rings. The van der Waals surface area contributed by atoms with E-state index in [1.165, 1.54) is 0 Å². The maximum Gasteiger partial charge on any atom is 0.131 e. The Balaban J connectivity index is 1.78. The first-order valence-corrected chi connectivity index (χ1v) is 7.92. The van der Waals surface area contributed by atoms with Crippen molar-refractivity contribution >= 4 is 11.6 Å². The van der Waals surface area contributed by atoms with Gasteiger partial charge in [0.15, 0.2) is 0 Å².